The van der Waals surface area contributed by atoms with Crippen LogP contribution in [0.4, 0.5) is 4.79 Å². The van der Waals surface area contributed by atoms with Crippen molar-refractivity contribution in [1.29, 1.82) is 0 Å². The number of urea groups is 1. The second kappa shape index (κ2) is 14.8. The predicted octanol–water partition coefficient (Wildman–Crippen LogP) is 5.60. The van der Waals surface area contributed by atoms with Crippen LogP contribution in [0.15, 0.2) is 64.9 Å². The SMILES string of the molecule is CCNC(=O)NS(=O)(=O)c1sc(CC(C)C)cc1-c1ccc(Cn2c(C=O)[c-]nc2-c2ccccc2)cc1.[CH3-].[U+2]. The Hall–Kier alpha value is -2.71. The first-order valence-electron chi connectivity index (χ1n) is 12.2. The Bertz CT molecular complexity index is 1530. The molecule has 208 valence electrons. The summed E-state index contributed by atoms with van der Waals surface area (Å²) >= 11 is 1.18. The van der Waals surface area contributed by atoms with E-state index < -0.39 is 16.1 Å². The van der Waals surface area contributed by atoms with Gasteiger partial charge >= 0.3 is 37.1 Å². The minimum absolute atomic E-state index is 0. The molecule has 2 aromatic carbocycles. The molecule has 2 amide bonds. The number of benzene rings is 2. The van der Waals surface area contributed by atoms with Gasteiger partial charge in [0.25, 0.3) is 10.0 Å². The van der Waals surface area contributed by atoms with Crippen LogP contribution in [0.25, 0.3) is 22.5 Å². The van der Waals surface area contributed by atoms with Crippen LogP contribution < -0.4 is 10.0 Å². The summed E-state index contributed by atoms with van der Waals surface area (Å²) in [6.45, 7) is 6.56. The first-order valence-corrected chi connectivity index (χ1v) is 14.5. The molecule has 4 aromatic rings. The van der Waals surface area contributed by atoms with Crippen LogP contribution in [0.3, 0.4) is 0 Å². The molecule has 40 heavy (non-hydrogen) atoms. The number of imidazole rings is 1. The standard InChI is InChI=1S/C28H29N4O4S2.CH3.U/c1-4-29-28(34)31-38(35,36)27-25(15-24(37-27)14-19(2)3)21-12-10-20(11-13-21)17-32-23(18-33)16-30-26(32)22-8-6-5-7-9-22;;/h5-13,15,18-19H,4,14,17H2,1-3H3,(H2,29,31,34);1H3;/q2*-1;+2. The number of hydrogen-bond acceptors (Lipinski definition) is 6. The van der Waals surface area contributed by atoms with Gasteiger partial charge in [0.2, 0.25) is 0 Å². The zero-order chi connectivity index (χ0) is 27.3. The van der Waals surface area contributed by atoms with Gasteiger partial charge < -0.3 is 27.1 Å². The Morgan fingerprint density at radius 3 is 2.38 bits per heavy atom. The summed E-state index contributed by atoms with van der Waals surface area (Å²) < 4.78 is 30.3. The Morgan fingerprint density at radius 2 is 1.77 bits per heavy atom. The molecule has 2 N–H and O–H groups in total. The van der Waals surface area contributed by atoms with E-state index in [2.05, 4.69) is 35.1 Å². The fourth-order valence-corrected chi connectivity index (χ4v) is 6.95. The maximum absolute atomic E-state index is 13.1. The molecule has 0 aliphatic carbocycles. The molecule has 2 aromatic heterocycles. The molecule has 0 unspecified atom stereocenters. The van der Waals surface area contributed by atoms with Crippen molar-refractivity contribution in [2.24, 2.45) is 5.92 Å². The van der Waals surface area contributed by atoms with Gasteiger partial charge in [0.15, 0.2) is 0 Å². The molecule has 0 saturated carbocycles. The van der Waals surface area contributed by atoms with Gasteiger partial charge in [0.1, 0.15) is 4.21 Å². The van der Waals surface area contributed by atoms with Crippen LogP contribution in [0, 0.1) is 50.7 Å². The van der Waals surface area contributed by atoms with E-state index >= 15 is 0 Å². The van der Waals surface area contributed by atoms with Gasteiger partial charge in [-0.3, -0.25) is 0 Å². The van der Waals surface area contributed by atoms with Gasteiger partial charge in [-0.25, -0.2) is 17.9 Å². The van der Waals surface area contributed by atoms with E-state index in [0.29, 0.717) is 41.7 Å². The number of nitrogens with one attached hydrogen (secondary N) is 2. The van der Waals surface area contributed by atoms with Gasteiger partial charge in [-0.1, -0.05) is 74.6 Å². The number of aldehydes is 1. The molecule has 0 radical (unpaired) electrons. The summed E-state index contributed by atoms with van der Waals surface area (Å²) in [6.07, 6.45) is 4.24. The topological polar surface area (TPSA) is 110 Å². The van der Waals surface area contributed by atoms with E-state index in [1.807, 2.05) is 60.7 Å². The van der Waals surface area contributed by atoms with Crippen LogP contribution >= 0.6 is 11.3 Å². The van der Waals surface area contributed by atoms with Crippen molar-refractivity contribution in [2.45, 2.75) is 37.9 Å². The molecule has 0 aliphatic rings. The van der Waals surface area contributed by atoms with E-state index in [1.165, 1.54) is 11.3 Å². The van der Waals surface area contributed by atoms with Crippen LogP contribution in [0.5, 0.6) is 0 Å². The molecule has 0 fully saturated rings. The molecule has 4 rings (SSSR count). The van der Waals surface area contributed by atoms with Crippen molar-refractivity contribution in [3.63, 3.8) is 0 Å². The van der Waals surface area contributed by atoms with E-state index in [-0.39, 0.29) is 42.7 Å². The average Bonchev–Trinajstić information content (AvgIpc) is 3.49. The molecule has 8 nitrogen and oxygen atoms in total. The number of aromatic nitrogens is 2. The van der Waals surface area contributed by atoms with Crippen LogP contribution in [-0.2, 0) is 23.0 Å². The smallest absolute Gasteiger partial charge is 0.391 e. The van der Waals surface area contributed by atoms with E-state index in [4.69, 9.17) is 0 Å². The molecule has 0 bridgehead atoms. The number of sulfonamides is 1. The Kier molecular flexibility index (Phi) is 12.4. The zero-order valence-corrected chi connectivity index (χ0v) is 28.7. The zero-order valence-electron chi connectivity index (χ0n) is 22.9. The number of carbonyl (C=O) groups excluding carboxylic acids is 2. The number of thiophene rings is 1. The minimum Gasteiger partial charge on any atom is -0.391 e. The molecule has 0 spiro atoms. The second-order valence-corrected chi connectivity index (χ2v) is 12.2. The maximum atomic E-state index is 13.1. The summed E-state index contributed by atoms with van der Waals surface area (Å²) in [7, 11) is -4.07. The molecule has 0 saturated heterocycles. The van der Waals surface area contributed by atoms with Crippen molar-refractivity contribution in [2.75, 3.05) is 6.54 Å². The molecule has 11 heteroatoms. The van der Waals surface area contributed by atoms with Crippen molar-refractivity contribution < 1.29 is 49.1 Å². The Morgan fingerprint density at radius 1 is 1.10 bits per heavy atom. The van der Waals surface area contributed by atoms with Gasteiger partial charge in [0, 0.05) is 29.4 Å². The van der Waals surface area contributed by atoms with Crippen LogP contribution in [-0.4, -0.2) is 36.8 Å². The third-order valence-corrected chi connectivity index (χ3v) is 8.76. The molecule has 0 atom stereocenters. The monoisotopic (exact) mass is 802 g/mol. The fraction of sp³-hybridized carbons (Fsp3) is 0.241. The largest absolute Gasteiger partial charge is 2.00 e. The fourth-order valence-electron chi connectivity index (χ4n) is 4.07. The third kappa shape index (κ3) is 7.94. The van der Waals surface area contributed by atoms with Gasteiger partial charge in [-0.05, 0) is 47.7 Å². The third-order valence-electron chi connectivity index (χ3n) is 5.74. The maximum Gasteiger partial charge on any atom is 2.00 e. The van der Waals surface area contributed by atoms with Crippen molar-refractivity contribution in [3.05, 3.63) is 90.4 Å². The first kappa shape index (κ1) is 33.5. The molecular weight excluding hydrogens is 771 g/mol. The summed E-state index contributed by atoms with van der Waals surface area (Å²) in [5.41, 5.74) is 3.38. The van der Waals surface area contributed by atoms with E-state index in [9.17, 15) is 18.0 Å². The van der Waals surface area contributed by atoms with Gasteiger partial charge in [0.05, 0.1) is 6.29 Å². The number of carbonyl (C=O) groups is 2. The van der Waals surface area contributed by atoms with E-state index in [1.54, 1.807) is 11.5 Å². The van der Waals surface area contributed by atoms with Gasteiger partial charge in [-0.2, -0.15) is 0 Å². The number of nitrogens with zero attached hydrogens (tertiary/aromatic N) is 2. The van der Waals surface area contributed by atoms with Crippen molar-refractivity contribution in [3.8, 4) is 22.5 Å². The molecular formula is C29H32N4O4S2U. The van der Waals surface area contributed by atoms with Crippen LogP contribution in [0.2, 0.25) is 0 Å². The predicted molar refractivity (Wildman–Crippen MR) is 155 cm³/mol. The number of hydrogen-bond donors (Lipinski definition) is 2. The van der Waals surface area contributed by atoms with Crippen molar-refractivity contribution >= 4 is 33.7 Å². The van der Waals surface area contributed by atoms with Crippen LogP contribution in [0.1, 0.15) is 41.7 Å². The minimum atomic E-state index is -4.07. The summed E-state index contributed by atoms with van der Waals surface area (Å²) in [5, 5.41) is 2.46. The van der Waals surface area contributed by atoms with E-state index in [0.717, 1.165) is 28.7 Å². The quantitative estimate of drug-likeness (QED) is 0.161. The molecule has 0 aliphatic heterocycles. The summed E-state index contributed by atoms with van der Waals surface area (Å²) in [6, 6.07) is 18.2. The Labute approximate surface area is 264 Å². The summed E-state index contributed by atoms with van der Waals surface area (Å²) in [4.78, 5) is 28.9. The summed E-state index contributed by atoms with van der Waals surface area (Å²) in [5.74, 6) is 0.978. The Balaban J connectivity index is 0.00000280. The first-order chi connectivity index (χ1) is 18.2. The van der Waals surface area contributed by atoms with Crippen molar-refractivity contribution in [1.82, 2.24) is 19.6 Å². The average molecular weight is 803 g/mol. The molecule has 2 heterocycles. The number of amides is 2. The van der Waals surface area contributed by atoms with Gasteiger partial charge in [-0.15, -0.1) is 11.3 Å². The normalized spacial score (nSPS) is 10.9. The number of rotatable bonds is 10. The second-order valence-electron chi connectivity index (χ2n) is 9.18.